The maximum atomic E-state index is 13.6. The van der Waals surface area contributed by atoms with Gasteiger partial charge in [0, 0.05) is 13.1 Å². The molecule has 0 radical (unpaired) electrons. The number of para-hydroxylation sites is 1. The molecule has 0 saturated heterocycles. The Kier molecular flexibility index (Phi) is 11.5. The summed E-state index contributed by atoms with van der Waals surface area (Å²) in [6.07, 6.45) is -4.95. The Morgan fingerprint density at radius 1 is 1.20 bits per heavy atom. The van der Waals surface area contributed by atoms with Gasteiger partial charge in [-0.05, 0) is 25.5 Å². The number of hydrogen-bond acceptors (Lipinski definition) is 2. The molecule has 1 aromatic carbocycles. The van der Waals surface area contributed by atoms with Crippen LogP contribution in [0.2, 0.25) is 0 Å². The molecular formula is C16H24F4IN3O. The summed E-state index contributed by atoms with van der Waals surface area (Å²) in [6.45, 7) is 4.13. The first kappa shape index (κ1) is 23.7. The van der Waals surface area contributed by atoms with Gasteiger partial charge >= 0.3 is 6.18 Å². The monoisotopic (exact) mass is 477 g/mol. The number of nitrogens with zero attached hydrogens (tertiary/aromatic N) is 1. The predicted molar refractivity (Wildman–Crippen MR) is 101 cm³/mol. The summed E-state index contributed by atoms with van der Waals surface area (Å²) < 4.78 is 55.7. The third kappa shape index (κ3) is 10.4. The van der Waals surface area contributed by atoms with Crippen molar-refractivity contribution in [3.05, 3.63) is 30.1 Å². The van der Waals surface area contributed by atoms with Crippen molar-refractivity contribution in [2.45, 2.75) is 39.0 Å². The molecule has 0 saturated carbocycles. The van der Waals surface area contributed by atoms with Gasteiger partial charge in [0.15, 0.2) is 17.5 Å². The van der Waals surface area contributed by atoms with Gasteiger partial charge in [-0.15, -0.1) is 24.0 Å². The number of aliphatic imine (C=N–C) groups is 1. The molecule has 0 aliphatic heterocycles. The second kappa shape index (κ2) is 12.2. The van der Waals surface area contributed by atoms with Crippen LogP contribution in [0, 0.1) is 5.82 Å². The highest BCUT2D eigenvalue weighted by molar-refractivity contribution is 14.0. The van der Waals surface area contributed by atoms with E-state index in [4.69, 9.17) is 4.74 Å². The molecule has 4 nitrogen and oxygen atoms in total. The lowest BCUT2D eigenvalue weighted by molar-refractivity contribution is -0.132. The van der Waals surface area contributed by atoms with Crippen LogP contribution >= 0.6 is 24.0 Å². The highest BCUT2D eigenvalue weighted by Crippen LogP contribution is 2.19. The van der Waals surface area contributed by atoms with E-state index in [0.717, 1.165) is 0 Å². The number of rotatable bonds is 8. The van der Waals surface area contributed by atoms with E-state index in [2.05, 4.69) is 15.6 Å². The molecule has 144 valence electrons. The van der Waals surface area contributed by atoms with Crippen LogP contribution in [0.15, 0.2) is 29.3 Å². The van der Waals surface area contributed by atoms with E-state index in [1.54, 1.807) is 12.1 Å². The number of halogens is 5. The highest BCUT2D eigenvalue weighted by atomic mass is 127. The molecule has 0 aliphatic carbocycles. The number of alkyl halides is 3. The van der Waals surface area contributed by atoms with Crippen LogP contribution < -0.4 is 15.4 Å². The van der Waals surface area contributed by atoms with Crippen molar-refractivity contribution in [2.24, 2.45) is 4.99 Å². The summed E-state index contributed by atoms with van der Waals surface area (Å²) in [4.78, 5) is 4.21. The lowest BCUT2D eigenvalue weighted by Crippen LogP contribution is -2.39. The lowest BCUT2D eigenvalue weighted by Gasteiger charge is -2.18. The molecular weight excluding hydrogens is 453 g/mol. The van der Waals surface area contributed by atoms with Crippen LogP contribution in [0.5, 0.6) is 5.75 Å². The van der Waals surface area contributed by atoms with E-state index in [9.17, 15) is 17.6 Å². The molecule has 0 amide bonds. The van der Waals surface area contributed by atoms with Crippen molar-refractivity contribution in [1.29, 1.82) is 0 Å². The summed E-state index contributed by atoms with van der Waals surface area (Å²) in [5, 5.41) is 5.49. The minimum atomic E-state index is -4.22. The van der Waals surface area contributed by atoms with Crippen LogP contribution in [0.1, 0.15) is 26.7 Å². The number of benzene rings is 1. The van der Waals surface area contributed by atoms with Crippen molar-refractivity contribution in [3.8, 4) is 5.75 Å². The van der Waals surface area contributed by atoms with Crippen LogP contribution in [-0.4, -0.2) is 37.9 Å². The zero-order chi connectivity index (χ0) is 18.0. The SMILES string of the molecule is CCNC(=NCC(CC)Oc1ccccc1F)NCCC(F)(F)F.I. The maximum Gasteiger partial charge on any atom is 0.390 e. The molecule has 0 spiro atoms. The first-order valence-electron chi connectivity index (χ1n) is 7.85. The van der Waals surface area contributed by atoms with Gasteiger partial charge in [0.25, 0.3) is 0 Å². The van der Waals surface area contributed by atoms with E-state index < -0.39 is 18.4 Å². The number of hydrogen-bond donors (Lipinski definition) is 2. The Morgan fingerprint density at radius 3 is 2.44 bits per heavy atom. The van der Waals surface area contributed by atoms with Gasteiger partial charge in [0.05, 0.1) is 13.0 Å². The molecule has 0 fully saturated rings. The summed E-state index contributed by atoms with van der Waals surface area (Å²) >= 11 is 0. The van der Waals surface area contributed by atoms with Crippen molar-refractivity contribution in [3.63, 3.8) is 0 Å². The molecule has 0 heterocycles. The fourth-order valence-corrected chi connectivity index (χ4v) is 1.83. The van der Waals surface area contributed by atoms with E-state index >= 15 is 0 Å². The van der Waals surface area contributed by atoms with Crippen molar-refractivity contribution < 1.29 is 22.3 Å². The molecule has 1 unspecified atom stereocenters. The summed E-state index contributed by atoms with van der Waals surface area (Å²) in [7, 11) is 0. The quantitative estimate of drug-likeness (QED) is 0.257. The summed E-state index contributed by atoms with van der Waals surface area (Å²) in [6, 6.07) is 6.05. The second-order valence-corrected chi connectivity index (χ2v) is 5.09. The fourth-order valence-electron chi connectivity index (χ4n) is 1.83. The number of nitrogens with one attached hydrogen (secondary N) is 2. The van der Waals surface area contributed by atoms with E-state index in [0.29, 0.717) is 13.0 Å². The standard InChI is InChI=1S/C16H23F4N3O.HI/c1-3-12(24-14-8-6-5-7-13(14)17)11-23-15(21-4-2)22-10-9-16(18,19)20;/h5-8,12H,3-4,9-11H2,1-2H3,(H2,21,22,23);1H. The third-order valence-corrected chi connectivity index (χ3v) is 3.08. The Morgan fingerprint density at radius 2 is 1.88 bits per heavy atom. The Hall–Kier alpha value is -1.26. The second-order valence-electron chi connectivity index (χ2n) is 5.09. The average molecular weight is 477 g/mol. The first-order valence-corrected chi connectivity index (χ1v) is 7.85. The minimum Gasteiger partial charge on any atom is -0.485 e. The van der Waals surface area contributed by atoms with Crippen LogP contribution in [0.3, 0.4) is 0 Å². The van der Waals surface area contributed by atoms with Gasteiger partial charge in [0.2, 0.25) is 0 Å². The maximum absolute atomic E-state index is 13.6. The minimum absolute atomic E-state index is 0. The highest BCUT2D eigenvalue weighted by Gasteiger charge is 2.26. The van der Waals surface area contributed by atoms with Crippen molar-refractivity contribution >= 4 is 29.9 Å². The van der Waals surface area contributed by atoms with Crippen LogP contribution in [0.4, 0.5) is 17.6 Å². The molecule has 2 N–H and O–H groups in total. The van der Waals surface area contributed by atoms with E-state index in [1.807, 2.05) is 13.8 Å². The normalized spacial score (nSPS) is 13.0. The van der Waals surface area contributed by atoms with Gasteiger partial charge in [-0.25, -0.2) is 9.38 Å². The van der Waals surface area contributed by atoms with Gasteiger partial charge < -0.3 is 15.4 Å². The molecule has 25 heavy (non-hydrogen) atoms. The molecule has 0 aliphatic rings. The molecule has 1 rings (SSSR count). The smallest absolute Gasteiger partial charge is 0.390 e. The van der Waals surface area contributed by atoms with Crippen LogP contribution in [0.25, 0.3) is 0 Å². The molecule has 1 aromatic rings. The van der Waals surface area contributed by atoms with Gasteiger partial charge in [-0.2, -0.15) is 13.2 Å². The molecule has 9 heteroatoms. The molecule has 0 aromatic heterocycles. The Bertz CT molecular complexity index is 526. The summed E-state index contributed by atoms with van der Waals surface area (Å²) in [5.74, 6) is -0.0537. The average Bonchev–Trinajstić information content (AvgIpc) is 2.51. The predicted octanol–water partition coefficient (Wildman–Crippen LogP) is 4.11. The van der Waals surface area contributed by atoms with Gasteiger partial charge in [0.1, 0.15) is 6.10 Å². The zero-order valence-electron chi connectivity index (χ0n) is 14.2. The fraction of sp³-hybridized carbons (Fsp3) is 0.562. The van der Waals surface area contributed by atoms with Crippen molar-refractivity contribution in [1.82, 2.24) is 10.6 Å². The summed E-state index contributed by atoms with van der Waals surface area (Å²) in [5.41, 5.74) is 0. The van der Waals surface area contributed by atoms with Gasteiger partial charge in [-0.3, -0.25) is 0 Å². The topological polar surface area (TPSA) is 45.7 Å². The Labute approximate surface area is 162 Å². The Balaban J connectivity index is 0.00000576. The zero-order valence-corrected chi connectivity index (χ0v) is 16.5. The van der Waals surface area contributed by atoms with E-state index in [1.165, 1.54) is 12.1 Å². The van der Waals surface area contributed by atoms with E-state index in [-0.39, 0.29) is 54.9 Å². The lowest BCUT2D eigenvalue weighted by atomic mass is 10.2. The largest absolute Gasteiger partial charge is 0.485 e. The first-order chi connectivity index (χ1) is 11.4. The molecule has 1 atom stereocenters. The molecule has 0 bridgehead atoms. The number of ether oxygens (including phenoxy) is 1. The number of guanidine groups is 1. The third-order valence-electron chi connectivity index (χ3n) is 3.08. The van der Waals surface area contributed by atoms with Crippen molar-refractivity contribution in [2.75, 3.05) is 19.6 Å². The van der Waals surface area contributed by atoms with Gasteiger partial charge in [-0.1, -0.05) is 19.1 Å². The van der Waals surface area contributed by atoms with Crippen LogP contribution in [-0.2, 0) is 0 Å².